The van der Waals surface area contributed by atoms with E-state index in [0.29, 0.717) is 29.4 Å². The van der Waals surface area contributed by atoms with Gasteiger partial charge in [-0.15, -0.1) is 0 Å². The number of piperidine rings is 2. The maximum absolute atomic E-state index is 5.65. The first-order valence-corrected chi connectivity index (χ1v) is 14.2. The number of benzene rings is 1. The molecule has 5 rings (SSSR count). The van der Waals surface area contributed by atoms with Crippen molar-refractivity contribution in [3.63, 3.8) is 0 Å². The highest BCUT2D eigenvalue weighted by Crippen LogP contribution is 2.28. The summed E-state index contributed by atoms with van der Waals surface area (Å²) in [5.41, 5.74) is 2.52. The van der Waals surface area contributed by atoms with Crippen molar-refractivity contribution in [2.75, 3.05) is 59.3 Å². The van der Waals surface area contributed by atoms with Gasteiger partial charge in [0, 0.05) is 57.6 Å². The molecule has 0 bridgehead atoms. The van der Waals surface area contributed by atoms with E-state index in [4.69, 9.17) is 22.2 Å². The molecule has 2 N–H and O–H groups in total. The predicted molar refractivity (Wildman–Crippen MR) is 154 cm³/mol. The molecule has 194 valence electrons. The van der Waals surface area contributed by atoms with Gasteiger partial charge in [0.1, 0.15) is 11.6 Å². The topological polar surface area (TPSA) is 59.6 Å². The zero-order valence-electron chi connectivity index (χ0n) is 21.9. The Balaban J connectivity index is 1.25. The van der Waals surface area contributed by atoms with Gasteiger partial charge in [0.2, 0.25) is 5.95 Å². The lowest BCUT2D eigenvalue weighted by atomic mass is 10.00. The van der Waals surface area contributed by atoms with Crippen LogP contribution < -0.4 is 25.3 Å². The Labute approximate surface area is 221 Å². The fraction of sp³-hybridized carbons (Fsp3) is 0.607. The molecule has 3 aliphatic rings. The Morgan fingerprint density at radius 2 is 1.39 bits per heavy atom. The molecule has 0 aliphatic carbocycles. The highest BCUT2D eigenvalue weighted by Gasteiger charge is 2.23. The Kier molecular flexibility index (Phi) is 8.09. The second-order valence-corrected chi connectivity index (χ2v) is 11.4. The van der Waals surface area contributed by atoms with E-state index >= 15 is 0 Å². The molecular formula is C28H41N7S. The van der Waals surface area contributed by atoms with Crippen LogP contribution in [0.1, 0.15) is 57.9 Å². The van der Waals surface area contributed by atoms with Crippen molar-refractivity contribution in [2.24, 2.45) is 11.8 Å². The van der Waals surface area contributed by atoms with Crippen LogP contribution in [0.15, 0.2) is 30.3 Å². The van der Waals surface area contributed by atoms with E-state index in [-0.39, 0.29) is 0 Å². The van der Waals surface area contributed by atoms with Crippen LogP contribution in [-0.4, -0.2) is 54.3 Å². The molecule has 0 spiro atoms. The van der Waals surface area contributed by atoms with E-state index in [0.717, 1.165) is 37.8 Å². The van der Waals surface area contributed by atoms with Gasteiger partial charge in [-0.2, -0.15) is 9.97 Å². The lowest BCUT2D eigenvalue weighted by Crippen LogP contribution is -2.37. The number of hydrogen-bond acceptors (Lipinski definition) is 6. The minimum Gasteiger partial charge on any atom is -0.372 e. The molecule has 1 aromatic carbocycles. The van der Waals surface area contributed by atoms with Gasteiger partial charge >= 0.3 is 0 Å². The third-order valence-corrected chi connectivity index (χ3v) is 7.99. The Hall–Kier alpha value is -2.61. The predicted octanol–water partition coefficient (Wildman–Crippen LogP) is 5.04. The molecule has 0 unspecified atom stereocenters. The average Bonchev–Trinajstić information content (AvgIpc) is 3.43. The van der Waals surface area contributed by atoms with Crippen molar-refractivity contribution in [1.82, 2.24) is 15.3 Å². The summed E-state index contributed by atoms with van der Waals surface area (Å²) < 4.78 is 0. The van der Waals surface area contributed by atoms with Crippen molar-refractivity contribution in [2.45, 2.75) is 58.9 Å². The zero-order chi connectivity index (χ0) is 24.9. The lowest BCUT2D eigenvalue weighted by molar-refractivity contribution is 0.441. The van der Waals surface area contributed by atoms with Crippen LogP contribution in [0.2, 0.25) is 0 Å². The van der Waals surface area contributed by atoms with Crippen molar-refractivity contribution in [3.05, 3.63) is 35.9 Å². The minimum atomic E-state index is 0.556. The fourth-order valence-electron chi connectivity index (χ4n) is 5.72. The van der Waals surface area contributed by atoms with Crippen LogP contribution in [0, 0.1) is 11.8 Å². The molecule has 1 aromatic heterocycles. The number of thiocarbonyl (C=S) groups is 1. The van der Waals surface area contributed by atoms with E-state index in [9.17, 15) is 0 Å². The first-order chi connectivity index (χ1) is 17.5. The van der Waals surface area contributed by atoms with E-state index in [1.165, 1.54) is 62.9 Å². The monoisotopic (exact) mass is 507 g/mol. The van der Waals surface area contributed by atoms with Crippen LogP contribution in [0.4, 0.5) is 23.3 Å². The van der Waals surface area contributed by atoms with Crippen LogP contribution in [0.25, 0.3) is 0 Å². The molecule has 0 amide bonds. The van der Waals surface area contributed by atoms with Gasteiger partial charge in [0.25, 0.3) is 0 Å². The molecule has 2 aromatic rings. The van der Waals surface area contributed by atoms with Gasteiger partial charge in [0.15, 0.2) is 5.11 Å². The van der Waals surface area contributed by atoms with E-state index in [2.05, 4.69) is 69.5 Å². The molecule has 3 fully saturated rings. The smallest absolute Gasteiger partial charge is 0.232 e. The summed E-state index contributed by atoms with van der Waals surface area (Å²) in [6.45, 7) is 11.8. The molecule has 0 saturated carbocycles. The second kappa shape index (κ2) is 11.6. The van der Waals surface area contributed by atoms with Crippen LogP contribution in [-0.2, 0) is 6.54 Å². The van der Waals surface area contributed by atoms with Crippen molar-refractivity contribution >= 4 is 40.6 Å². The normalized spacial score (nSPS) is 22.6. The lowest BCUT2D eigenvalue weighted by Gasteiger charge is -2.35. The standard InChI is InChI=1S/C28H41N7S/c1-21-7-5-15-34(19-21)25-17-26(35-16-6-8-22(2)20-35)31-27(30-25)32-28(36)29-18-23-9-11-24(12-10-23)33-13-3-4-14-33/h9-12,17,21-22H,3-8,13-16,18-20H2,1-2H3,(H2,29,30,31,32,36)/t21-,22+. The number of nitrogens with one attached hydrogen (secondary N) is 2. The average molecular weight is 508 g/mol. The number of anilines is 4. The number of rotatable bonds is 6. The first-order valence-electron chi connectivity index (χ1n) is 13.8. The molecule has 36 heavy (non-hydrogen) atoms. The van der Waals surface area contributed by atoms with E-state index in [1.54, 1.807) is 0 Å². The van der Waals surface area contributed by atoms with Gasteiger partial charge in [-0.3, -0.25) is 0 Å². The first kappa shape index (κ1) is 25.1. The van der Waals surface area contributed by atoms with Crippen molar-refractivity contribution in [3.8, 4) is 0 Å². The zero-order valence-corrected chi connectivity index (χ0v) is 22.7. The molecule has 7 nitrogen and oxygen atoms in total. The maximum Gasteiger partial charge on any atom is 0.232 e. The van der Waals surface area contributed by atoms with Gasteiger partial charge in [-0.25, -0.2) is 0 Å². The summed E-state index contributed by atoms with van der Waals surface area (Å²) in [6, 6.07) is 11.0. The summed E-state index contributed by atoms with van der Waals surface area (Å²) in [5, 5.41) is 7.19. The molecule has 8 heteroatoms. The fourth-order valence-corrected chi connectivity index (χ4v) is 5.89. The van der Waals surface area contributed by atoms with Gasteiger partial charge < -0.3 is 25.3 Å². The largest absolute Gasteiger partial charge is 0.372 e. The van der Waals surface area contributed by atoms with Crippen LogP contribution in [0.3, 0.4) is 0 Å². The number of hydrogen-bond donors (Lipinski definition) is 2. The summed E-state index contributed by atoms with van der Waals surface area (Å²) >= 11 is 5.65. The number of nitrogens with zero attached hydrogens (tertiary/aromatic N) is 5. The van der Waals surface area contributed by atoms with Crippen molar-refractivity contribution < 1.29 is 0 Å². The van der Waals surface area contributed by atoms with Gasteiger partial charge in [-0.1, -0.05) is 26.0 Å². The van der Waals surface area contributed by atoms with Crippen molar-refractivity contribution in [1.29, 1.82) is 0 Å². The molecule has 3 saturated heterocycles. The summed E-state index contributed by atoms with van der Waals surface area (Å²) in [4.78, 5) is 17.1. The second-order valence-electron chi connectivity index (χ2n) is 11.0. The molecule has 2 atom stereocenters. The van der Waals surface area contributed by atoms with E-state index < -0.39 is 0 Å². The summed E-state index contributed by atoms with van der Waals surface area (Å²) in [5.74, 6) is 3.97. The molecular weight excluding hydrogens is 466 g/mol. The summed E-state index contributed by atoms with van der Waals surface area (Å²) in [6.07, 6.45) is 7.58. The maximum atomic E-state index is 5.65. The molecule has 3 aliphatic heterocycles. The highest BCUT2D eigenvalue weighted by molar-refractivity contribution is 7.80. The Morgan fingerprint density at radius 3 is 1.94 bits per heavy atom. The Bertz CT molecular complexity index is 981. The molecule has 4 heterocycles. The SMILES string of the molecule is C[C@@H]1CCCN(c2cc(N3CCC[C@H](C)C3)nc(NC(=S)NCc3ccc(N4CCCC4)cc3)n2)C1. The minimum absolute atomic E-state index is 0.556. The number of aromatic nitrogens is 2. The third kappa shape index (κ3) is 6.38. The van der Waals surface area contributed by atoms with Crippen LogP contribution >= 0.6 is 12.2 Å². The quantitative estimate of drug-likeness (QED) is 0.528. The van der Waals surface area contributed by atoms with Gasteiger partial charge in [-0.05, 0) is 80.3 Å². The third-order valence-electron chi connectivity index (χ3n) is 7.75. The Morgan fingerprint density at radius 1 is 0.833 bits per heavy atom. The highest BCUT2D eigenvalue weighted by atomic mass is 32.1. The van der Waals surface area contributed by atoms with Gasteiger partial charge in [0.05, 0.1) is 0 Å². The van der Waals surface area contributed by atoms with E-state index in [1.807, 2.05) is 0 Å². The molecule has 0 radical (unpaired) electrons. The van der Waals surface area contributed by atoms with Crippen LogP contribution in [0.5, 0.6) is 0 Å². The summed E-state index contributed by atoms with van der Waals surface area (Å²) in [7, 11) is 0.